The zero-order valence-electron chi connectivity index (χ0n) is 15.2. The molecule has 0 radical (unpaired) electrons. The molecule has 140 valence electrons. The van der Waals surface area contributed by atoms with Crippen molar-refractivity contribution in [1.82, 2.24) is 10.2 Å². The van der Waals surface area contributed by atoms with Crippen molar-refractivity contribution in [3.63, 3.8) is 0 Å². The number of carbonyl (C=O) groups is 1. The minimum absolute atomic E-state index is 0. The number of halogens is 1. The maximum absolute atomic E-state index is 11.2. The summed E-state index contributed by atoms with van der Waals surface area (Å²) in [4.78, 5) is 18.1. The second-order valence-electron chi connectivity index (χ2n) is 6.16. The summed E-state index contributed by atoms with van der Waals surface area (Å²) in [6.07, 6.45) is 1.11. The van der Waals surface area contributed by atoms with Crippen LogP contribution in [0.5, 0.6) is 0 Å². The largest absolute Gasteiger partial charge is 0.381 e. The number of carbonyl (C=O) groups excluding carboxylic acids is 1. The van der Waals surface area contributed by atoms with E-state index in [1.807, 2.05) is 24.3 Å². The van der Waals surface area contributed by atoms with E-state index in [4.69, 9.17) is 9.73 Å². The number of hydrogen-bond donors (Lipinski definition) is 2. The molecule has 1 atom stereocenters. The van der Waals surface area contributed by atoms with Crippen LogP contribution >= 0.6 is 24.0 Å². The molecule has 0 aromatic heterocycles. The maximum atomic E-state index is 11.2. The molecule has 0 spiro atoms. The Morgan fingerprint density at radius 2 is 2.24 bits per heavy atom. The number of hydrogen-bond acceptors (Lipinski definition) is 3. The van der Waals surface area contributed by atoms with E-state index in [0.717, 1.165) is 49.9 Å². The smallest absolute Gasteiger partial charge is 0.221 e. The molecule has 1 heterocycles. The standard InChI is InChI=1S/C18H28N4O2.HI/c1-4-19-18(22(3)12-16-8-9-24-13-16)20-11-15-6-5-7-17(10-15)21-14(2)23;/h5-7,10,16H,4,8-9,11-13H2,1-3H3,(H,19,20)(H,21,23);1H. The summed E-state index contributed by atoms with van der Waals surface area (Å²) in [5, 5.41) is 6.14. The highest BCUT2D eigenvalue weighted by Crippen LogP contribution is 2.14. The summed E-state index contributed by atoms with van der Waals surface area (Å²) >= 11 is 0. The first-order valence-corrected chi connectivity index (χ1v) is 8.52. The second-order valence-corrected chi connectivity index (χ2v) is 6.16. The van der Waals surface area contributed by atoms with E-state index in [0.29, 0.717) is 12.5 Å². The van der Waals surface area contributed by atoms with E-state index in [1.165, 1.54) is 6.92 Å². The third-order valence-electron chi connectivity index (χ3n) is 3.91. The molecule has 0 saturated carbocycles. The Kier molecular flexibility index (Phi) is 9.81. The van der Waals surface area contributed by atoms with Crippen LogP contribution in [0, 0.1) is 5.92 Å². The first-order valence-electron chi connectivity index (χ1n) is 8.52. The lowest BCUT2D eigenvalue weighted by Crippen LogP contribution is -2.41. The number of benzene rings is 1. The van der Waals surface area contributed by atoms with Gasteiger partial charge in [-0.2, -0.15) is 0 Å². The van der Waals surface area contributed by atoms with Crippen molar-refractivity contribution in [3.8, 4) is 0 Å². The van der Waals surface area contributed by atoms with Crippen LogP contribution in [0.15, 0.2) is 29.3 Å². The molecule has 1 aromatic carbocycles. The molecule has 1 fully saturated rings. The molecule has 1 aliphatic rings. The Morgan fingerprint density at radius 3 is 2.88 bits per heavy atom. The first kappa shape index (κ1) is 21.7. The van der Waals surface area contributed by atoms with Gasteiger partial charge in [-0.1, -0.05) is 12.1 Å². The van der Waals surface area contributed by atoms with Gasteiger partial charge in [0.1, 0.15) is 0 Å². The van der Waals surface area contributed by atoms with Crippen molar-refractivity contribution in [2.24, 2.45) is 10.9 Å². The van der Waals surface area contributed by atoms with Crippen LogP contribution in [-0.2, 0) is 16.1 Å². The molecule has 1 aromatic rings. The Hall–Kier alpha value is -1.35. The minimum Gasteiger partial charge on any atom is -0.381 e. The Morgan fingerprint density at radius 1 is 1.44 bits per heavy atom. The number of anilines is 1. The average Bonchev–Trinajstić information content (AvgIpc) is 3.04. The predicted molar refractivity (Wildman–Crippen MR) is 113 cm³/mol. The Labute approximate surface area is 167 Å². The molecular weight excluding hydrogens is 431 g/mol. The normalized spacial score (nSPS) is 16.9. The van der Waals surface area contributed by atoms with E-state index in [2.05, 4.69) is 29.5 Å². The van der Waals surface area contributed by atoms with Gasteiger partial charge in [0, 0.05) is 45.3 Å². The summed E-state index contributed by atoms with van der Waals surface area (Å²) in [5.41, 5.74) is 1.87. The maximum Gasteiger partial charge on any atom is 0.221 e. The highest BCUT2D eigenvalue weighted by atomic mass is 127. The molecule has 1 aliphatic heterocycles. The highest BCUT2D eigenvalue weighted by molar-refractivity contribution is 14.0. The molecule has 1 saturated heterocycles. The highest BCUT2D eigenvalue weighted by Gasteiger charge is 2.19. The third-order valence-corrected chi connectivity index (χ3v) is 3.91. The summed E-state index contributed by atoms with van der Waals surface area (Å²) in [5.74, 6) is 1.40. The van der Waals surface area contributed by atoms with Crippen LogP contribution in [-0.4, -0.2) is 50.1 Å². The van der Waals surface area contributed by atoms with Crippen LogP contribution in [0.1, 0.15) is 25.8 Å². The van der Waals surface area contributed by atoms with E-state index in [1.54, 1.807) is 0 Å². The van der Waals surface area contributed by atoms with E-state index in [9.17, 15) is 4.79 Å². The molecule has 6 nitrogen and oxygen atoms in total. The van der Waals surface area contributed by atoms with Gasteiger partial charge in [0.2, 0.25) is 5.91 Å². The molecule has 1 unspecified atom stereocenters. The zero-order valence-corrected chi connectivity index (χ0v) is 17.6. The summed E-state index contributed by atoms with van der Waals surface area (Å²) < 4.78 is 5.45. The molecular formula is C18H29IN4O2. The molecule has 0 bridgehead atoms. The Bertz CT molecular complexity index is 574. The van der Waals surface area contributed by atoms with Crippen molar-refractivity contribution in [2.45, 2.75) is 26.8 Å². The van der Waals surface area contributed by atoms with Crippen molar-refractivity contribution in [3.05, 3.63) is 29.8 Å². The van der Waals surface area contributed by atoms with Crippen LogP contribution in [0.4, 0.5) is 5.69 Å². The number of nitrogens with zero attached hydrogens (tertiary/aromatic N) is 2. The fourth-order valence-electron chi connectivity index (χ4n) is 2.79. The van der Waals surface area contributed by atoms with Crippen molar-refractivity contribution in [2.75, 3.05) is 38.7 Å². The molecule has 0 aliphatic carbocycles. The molecule has 1 amide bonds. The average molecular weight is 460 g/mol. The number of ether oxygens (including phenoxy) is 1. The van der Waals surface area contributed by atoms with Gasteiger partial charge in [0.15, 0.2) is 5.96 Å². The number of rotatable bonds is 6. The lowest BCUT2D eigenvalue weighted by molar-refractivity contribution is -0.114. The van der Waals surface area contributed by atoms with Crippen LogP contribution in [0.3, 0.4) is 0 Å². The van der Waals surface area contributed by atoms with E-state index in [-0.39, 0.29) is 29.9 Å². The van der Waals surface area contributed by atoms with Gasteiger partial charge in [-0.25, -0.2) is 4.99 Å². The number of guanidine groups is 1. The van der Waals surface area contributed by atoms with Crippen molar-refractivity contribution in [1.29, 1.82) is 0 Å². The van der Waals surface area contributed by atoms with Crippen LogP contribution in [0.25, 0.3) is 0 Å². The quantitative estimate of drug-likeness (QED) is 0.389. The molecule has 7 heteroatoms. The summed E-state index contributed by atoms with van der Waals surface area (Å²) in [7, 11) is 2.06. The third kappa shape index (κ3) is 7.60. The number of aliphatic imine (C=N–C) groups is 1. The lowest BCUT2D eigenvalue weighted by atomic mass is 10.1. The summed E-state index contributed by atoms with van der Waals surface area (Å²) in [6, 6.07) is 7.79. The van der Waals surface area contributed by atoms with Gasteiger partial charge in [-0.15, -0.1) is 24.0 Å². The topological polar surface area (TPSA) is 66.0 Å². The summed E-state index contributed by atoms with van der Waals surface area (Å²) in [6.45, 7) is 7.62. The van der Waals surface area contributed by atoms with E-state index < -0.39 is 0 Å². The van der Waals surface area contributed by atoms with Crippen LogP contribution in [0.2, 0.25) is 0 Å². The van der Waals surface area contributed by atoms with E-state index >= 15 is 0 Å². The van der Waals surface area contributed by atoms with Gasteiger partial charge in [-0.3, -0.25) is 4.79 Å². The fourth-order valence-corrected chi connectivity index (χ4v) is 2.79. The van der Waals surface area contributed by atoms with Gasteiger partial charge < -0.3 is 20.3 Å². The monoisotopic (exact) mass is 460 g/mol. The first-order chi connectivity index (χ1) is 11.6. The minimum atomic E-state index is -0.0671. The second kappa shape index (κ2) is 11.3. The number of amides is 1. The van der Waals surface area contributed by atoms with Gasteiger partial charge in [0.25, 0.3) is 0 Å². The van der Waals surface area contributed by atoms with Gasteiger partial charge in [-0.05, 0) is 31.0 Å². The predicted octanol–water partition coefficient (Wildman–Crippen LogP) is 2.70. The lowest BCUT2D eigenvalue weighted by Gasteiger charge is -2.24. The fraction of sp³-hybridized carbons (Fsp3) is 0.556. The molecule has 2 N–H and O–H groups in total. The molecule has 25 heavy (non-hydrogen) atoms. The van der Waals surface area contributed by atoms with Crippen molar-refractivity contribution >= 4 is 41.5 Å². The van der Waals surface area contributed by atoms with Crippen molar-refractivity contribution < 1.29 is 9.53 Å². The zero-order chi connectivity index (χ0) is 17.4. The van der Waals surface area contributed by atoms with Gasteiger partial charge in [0.05, 0.1) is 13.2 Å². The SMILES string of the molecule is CCNC(=NCc1cccc(NC(C)=O)c1)N(C)CC1CCOC1.I. The number of nitrogens with one attached hydrogen (secondary N) is 2. The molecule has 2 rings (SSSR count). The van der Waals surface area contributed by atoms with Crippen LogP contribution < -0.4 is 10.6 Å². The Balaban J connectivity index is 0.00000312. The van der Waals surface area contributed by atoms with Gasteiger partial charge >= 0.3 is 0 Å².